The fraction of sp³-hybridized carbons (Fsp3) is 0.500. The Morgan fingerprint density at radius 1 is 1.23 bits per heavy atom. The summed E-state index contributed by atoms with van der Waals surface area (Å²) in [6.45, 7) is 0. The molecule has 0 aliphatic heterocycles. The van der Waals surface area contributed by atoms with E-state index in [-0.39, 0.29) is 5.78 Å². The summed E-state index contributed by atoms with van der Waals surface area (Å²) in [5.41, 5.74) is 2.26. The number of halogens is 2. The number of hydrogen-bond donors (Lipinski definition) is 0. The highest BCUT2D eigenvalue weighted by atomic mass is 79.9. The number of rotatable bonds is 0. The van der Waals surface area contributed by atoms with E-state index in [1.54, 1.807) is 0 Å². The maximum Gasteiger partial charge on any atom is 0.190 e. The molecule has 0 heterocycles. The molecule has 3 heteroatoms. The number of allylic oxidation sites excluding steroid dienone is 4. The second-order valence-corrected chi connectivity index (χ2v) is 7.06. The zero-order valence-corrected chi connectivity index (χ0v) is 10.3. The quantitative estimate of drug-likeness (QED) is 0.626. The monoisotopic (exact) mass is 304 g/mol. The van der Waals surface area contributed by atoms with Gasteiger partial charge in [-0.2, -0.15) is 0 Å². The molecule has 0 fully saturated rings. The summed E-state index contributed by atoms with van der Waals surface area (Å²) in [5, 5.41) is 0. The van der Waals surface area contributed by atoms with Crippen molar-refractivity contribution in [2.45, 2.75) is 28.9 Å². The van der Waals surface area contributed by atoms with Gasteiger partial charge < -0.3 is 0 Å². The number of carbonyl (C=O) groups is 1. The third kappa shape index (κ3) is 1.68. The Labute approximate surface area is 94.5 Å². The average Bonchev–Trinajstić information content (AvgIpc) is 2.13. The summed E-state index contributed by atoms with van der Waals surface area (Å²) in [7, 11) is 0. The number of ketones is 1. The maximum absolute atomic E-state index is 11.9. The van der Waals surface area contributed by atoms with Crippen LogP contribution in [0.5, 0.6) is 0 Å². The van der Waals surface area contributed by atoms with Gasteiger partial charge in [-0.05, 0) is 37.3 Å². The van der Waals surface area contributed by atoms with Gasteiger partial charge in [-0.25, -0.2) is 0 Å². The molecule has 0 bridgehead atoms. The second kappa shape index (κ2) is 3.35. The highest BCUT2D eigenvalue weighted by Gasteiger charge is 2.36. The molecule has 2 rings (SSSR count). The predicted molar refractivity (Wildman–Crippen MR) is 60.2 cm³/mol. The minimum atomic E-state index is -0.629. The van der Waals surface area contributed by atoms with Gasteiger partial charge in [-0.15, -0.1) is 0 Å². The van der Waals surface area contributed by atoms with Crippen LogP contribution in [0.15, 0.2) is 23.3 Å². The lowest BCUT2D eigenvalue weighted by Gasteiger charge is -2.26. The molecule has 13 heavy (non-hydrogen) atoms. The Hall–Kier alpha value is 0.110. The van der Waals surface area contributed by atoms with Crippen LogP contribution in [0.2, 0.25) is 0 Å². The lowest BCUT2D eigenvalue weighted by Crippen LogP contribution is -2.28. The first-order valence-electron chi connectivity index (χ1n) is 4.45. The summed E-state index contributed by atoms with van der Waals surface area (Å²) >= 11 is 6.73. The van der Waals surface area contributed by atoms with E-state index < -0.39 is 3.23 Å². The first kappa shape index (κ1) is 9.66. The zero-order chi connectivity index (χ0) is 9.47. The summed E-state index contributed by atoms with van der Waals surface area (Å²) in [4.78, 5) is 11.9. The van der Waals surface area contributed by atoms with Crippen molar-refractivity contribution in [3.8, 4) is 0 Å². The van der Waals surface area contributed by atoms with E-state index in [1.165, 1.54) is 12.0 Å². The molecule has 0 amide bonds. The van der Waals surface area contributed by atoms with Gasteiger partial charge in [0.15, 0.2) is 9.02 Å². The topological polar surface area (TPSA) is 17.1 Å². The van der Waals surface area contributed by atoms with Crippen LogP contribution in [0.1, 0.15) is 25.7 Å². The van der Waals surface area contributed by atoms with Crippen LogP contribution < -0.4 is 0 Å². The molecule has 0 saturated heterocycles. The maximum atomic E-state index is 11.9. The van der Waals surface area contributed by atoms with E-state index >= 15 is 0 Å². The van der Waals surface area contributed by atoms with Crippen LogP contribution in [0, 0.1) is 0 Å². The number of Topliss-reactive ketones (excluding diaryl/α,β-unsaturated/α-hetero) is 1. The molecule has 0 aromatic carbocycles. The Morgan fingerprint density at radius 3 is 2.69 bits per heavy atom. The van der Waals surface area contributed by atoms with Crippen LogP contribution in [0.4, 0.5) is 0 Å². The number of alkyl halides is 2. The standard InChI is InChI=1S/C10H10Br2O/c11-10(12)6-5-7-3-1-2-4-8(7)9(10)13/h5-6H,1-4H2. The van der Waals surface area contributed by atoms with E-state index in [1.807, 2.05) is 6.08 Å². The van der Waals surface area contributed by atoms with Crippen LogP contribution in [0.25, 0.3) is 0 Å². The number of hydrogen-bond acceptors (Lipinski definition) is 1. The van der Waals surface area contributed by atoms with Crippen molar-refractivity contribution in [2.75, 3.05) is 0 Å². The molecule has 0 atom stereocenters. The molecular formula is C10H10Br2O. The van der Waals surface area contributed by atoms with Crippen molar-refractivity contribution in [1.82, 2.24) is 0 Å². The molecule has 0 aromatic heterocycles. The van der Waals surface area contributed by atoms with Crippen molar-refractivity contribution < 1.29 is 4.79 Å². The fourth-order valence-electron chi connectivity index (χ4n) is 1.85. The predicted octanol–water partition coefficient (Wildman–Crippen LogP) is 3.48. The van der Waals surface area contributed by atoms with Gasteiger partial charge in [0.05, 0.1) is 0 Å². The van der Waals surface area contributed by atoms with Gasteiger partial charge in [0.1, 0.15) is 0 Å². The minimum Gasteiger partial charge on any atom is -0.292 e. The molecule has 0 saturated carbocycles. The molecular weight excluding hydrogens is 296 g/mol. The zero-order valence-electron chi connectivity index (χ0n) is 7.15. The Morgan fingerprint density at radius 2 is 1.92 bits per heavy atom. The van der Waals surface area contributed by atoms with E-state index in [0.717, 1.165) is 24.8 Å². The largest absolute Gasteiger partial charge is 0.292 e. The second-order valence-electron chi connectivity index (χ2n) is 3.50. The molecule has 0 radical (unpaired) electrons. The summed E-state index contributed by atoms with van der Waals surface area (Å²) in [6, 6.07) is 0. The Balaban J connectivity index is 2.39. The summed E-state index contributed by atoms with van der Waals surface area (Å²) < 4.78 is -0.629. The van der Waals surface area contributed by atoms with E-state index in [9.17, 15) is 4.79 Å². The summed E-state index contributed by atoms with van der Waals surface area (Å²) in [5.74, 6) is 0.185. The van der Waals surface area contributed by atoms with Crippen molar-refractivity contribution in [3.05, 3.63) is 23.3 Å². The lowest BCUT2D eigenvalue weighted by atomic mass is 9.85. The third-order valence-corrected chi connectivity index (χ3v) is 3.83. The van der Waals surface area contributed by atoms with Gasteiger partial charge in [-0.1, -0.05) is 37.9 Å². The van der Waals surface area contributed by atoms with Gasteiger partial charge >= 0.3 is 0 Å². The normalized spacial score (nSPS) is 26.2. The highest BCUT2D eigenvalue weighted by Crippen LogP contribution is 2.40. The van der Waals surface area contributed by atoms with Gasteiger partial charge in [0.2, 0.25) is 0 Å². The van der Waals surface area contributed by atoms with Crippen LogP contribution in [0.3, 0.4) is 0 Å². The van der Waals surface area contributed by atoms with Gasteiger partial charge in [0, 0.05) is 5.57 Å². The van der Waals surface area contributed by atoms with Crippen molar-refractivity contribution >= 4 is 37.6 Å². The smallest absolute Gasteiger partial charge is 0.190 e. The molecule has 0 N–H and O–H groups in total. The van der Waals surface area contributed by atoms with Crippen LogP contribution in [-0.4, -0.2) is 9.02 Å². The van der Waals surface area contributed by atoms with E-state index in [4.69, 9.17) is 0 Å². The molecule has 0 spiro atoms. The Kier molecular flexibility index (Phi) is 2.49. The molecule has 2 aliphatic rings. The highest BCUT2D eigenvalue weighted by molar-refractivity contribution is 9.26. The Bertz CT molecular complexity index is 313. The third-order valence-electron chi connectivity index (χ3n) is 2.58. The molecule has 0 unspecified atom stereocenters. The minimum absolute atomic E-state index is 0.185. The van der Waals surface area contributed by atoms with Crippen LogP contribution >= 0.6 is 31.9 Å². The first-order valence-corrected chi connectivity index (χ1v) is 6.04. The van der Waals surface area contributed by atoms with Crippen molar-refractivity contribution in [1.29, 1.82) is 0 Å². The average molecular weight is 306 g/mol. The first-order chi connectivity index (χ1) is 6.11. The molecule has 70 valence electrons. The molecule has 2 aliphatic carbocycles. The lowest BCUT2D eigenvalue weighted by molar-refractivity contribution is -0.115. The number of carbonyl (C=O) groups excluding carboxylic acids is 1. The van der Waals surface area contributed by atoms with E-state index in [2.05, 4.69) is 37.9 Å². The van der Waals surface area contributed by atoms with E-state index in [0.29, 0.717) is 0 Å². The van der Waals surface area contributed by atoms with Crippen molar-refractivity contribution in [3.63, 3.8) is 0 Å². The molecule has 1 nitrogen and oxygen atoms in total. The van der Waals surface area contributed by atoms with Crippen molar-refractivity contribution in [2.24, 2.45) is 0 Å². The van der Waals surface area contributed by atoms with Gasteiger partial charge in [0.25, 0.3) is 0 Å². The fourth-order valence-corrected chi connectivity index (χ4v) is 2.60. The SMILES string of the molecule is O=C1C2=C(C=CC1(Br)Br)CCCC2. The molecule has 0 aromatic rings. The van der Waals surface area contributed by atoms with Gasteiger partial charge in [-0.3, -0.25) is 4.79 Å². The van der Waals surface area contributed by atoms with Crippen LogP contribution in [-0.2, 0) is 4.79 Å². The summed E-state index contributed by atoms with van der Waals surface area (Å²) in [6.07, 6.45) is 8.33.